The molecule has 0 bridgehead atoms. The SMILES string of the molecule is CCN1CCC(C(C)NC(C)c2cc(C)ccc2C)CC1. The predicted molar refractivity (Wildman–Crippen MR) is 91.8 cm³/mol. The van der Waals surface area contributed by atoms with Crippen LogP contribution in [-0.2, 0) is 0 Å². The fraction of sp³-hybridized carbons (Fsp3) is 0.684. The van der Waals surface area contributed by atoms with Crippen LogP contribution >= 0.6 is 0 Å². The Kier molecular flexibility index (Phi) is 5.83. The molecule has 1 fully saturated rings. The molecule has 1 aromatic carbocycles. The molecule has 2 rings (SSSR count). The maximum atomic E-state index is 3.85. The molecule has 118 valence electrons. The fourth-order valence-corrected chi connectivity index (χ4v) is 3.62. The van der Waals surface area contributed by atoms with E-state index in [2.05, 4.69) is 63.0 Å². The minimum atomic E-state index is 0.434. The first-order valence-corrected chi connectivity index (χ1v) is 8.56. The molecule has 1 aliphatic heterocycles. The molecule has 0 spiro atoms. The van der Waals surface area contributed by atoms with Crippen LogP contribution in [0.5, 0.6) is 0 Å². The maximum Gasteiger partial charge on any atom is 0.0297 e. The van der Waals surface area contributed by atoms with Gasteiger partial charge < -0.3 is 10.2 Å². The summed E-state index contributed by atoms with van der Waals surface area (Å²) in [4.78, 5) is 2.57. The summed E-state index contributed by atoms with van der Waals surface area (Å²) in [6.07, 6.45) is 2.67. The summed E-state index contributed by atoms with van der Waals surface area (Å²) in [5.74, 6) is 0.820. The quantitative estimate of drug-likeness (QED) is 0.878. The Hall–Kier alpha value is -0.860. The first kappa shape index (κ1) is 16.5. The number of piperidine rings is 1. The van der Waals surface area contributed by atoms with Crippen molar-refractivity contribution in [2.45, 2.75) is 59.5 Å². The van der Waals surface area contributed by atoms with Crippen molar-refractivity contribution in [3.8, 4) is 0 Å². The summed E-state index contributed by atoms with van der Waals surface area (Å²) in [6, 6.07) is 7.81. The van der Waals surface area contributed by atoms with Crippen molar-refractivity contribution in [1.29, 1.82) is 0 Å². The summed E-state index contributed by atoms with van der Waals surface area (Å²) in [7, 11) is 0. The Morgan fingerprint density at radius 1 is 1.19 bits per heavy atom. The minimum Gasteiger partial charge on any atom is -0.307 e. The van der Waals surface area contributed by atoms with Crippen LogP contribution in [0.15, 0.2) is 18.2 Å². The fourth-order valence-electron chi connectivity index (χ4n) is 3.62. The van der Waals surface area contributed by atoms with Crippen LogP contribution in [0.25, 0.3) is 0 Å². The normalized spacial score (nSPS) is 20.4. The molecule has 1 heterocycles. The molecule has 0 saturated carbocycles. The molecule has 1 aliphatic rings. The lowest BCUT2D eigenvalue weighted by Gasteiger charge is -2.36. The highest BCUT2D eigenvalue weighted by atomic mass is 15.1. The molecule has 0 radical (unpaired) electrons. The average Bonchev–Trinajstić information content (AvgIpc) is 2.49. The monoisotopic (exact) mass is 288 g/mol. The van der Waals surface area contributed by atoms with E-state index in [-0.39, 0.29) is 0 Å². The van der Waals surface area contributed by atoms with E-state index in [1.54, 1.807) is 0 Å². The first-order valence-electron chi connectivity index (χ1n) is 8.56. The smallest absolute Gasteiger partial charge is 0.0297 e. The van der Waals surface area contributed by atoms with Crippen molar-refractivity contribution in [1.82, 2.24) is 10.2 Å². The zero-order chi connectivity index (χ0) is 15.4. The zero-order valence-electron chi connectivity index (χ0n) is 14.4. The van der Waals surface area contributed by atoms with Gasteiger partial charge in [-0.25, -0.2) is 0 Å². The second-order valence-electron chi connectivity index (χ2n) is 6.81. The van der Waals surface area contributed by atoms with E-state index in [1.165, 1.54) is 49.2 Å². The number of benzene rings is 1. The van der Waals surface area contributed by atoms with Crippen LogP contribution in [0.2, 0.25) is 0 Å². The largest absolute Gasteiger partial charge is 0.307 e. The van der Waals surface area contributed by atoms with E-state index in [1.807, 2.05) is 0 Å². The van der Waals surface area contributed by atoms with Crippen LogP contribution in [0.4, 0.5) is 0 Å². The Balaban J connectivity index is 1.93. The van der Waals surface area contributed by atoms with E-state index >= 15 is 0 Å². The van der Waals surface area contributed by atoms with Crippen molar-refractivity contribution < 1.29 is 0 Å². The number of aryl methyl sites for hydroxylation is 2. The van der Waals surface area contributed by atoms with E-state index in [4.69, 9.17) is 0 Å². The molecule has 1 N–H and O–H groups in total. The second-order valence-corrected chi connectivity index (χ2v) is 6.81. The number of nitrogens with one attached hydrogen (secondary N) is 1. The molecule has 2 nitrogen and oxygen atoms in total. The highest BCUT2D eigenvalue weighted by molar-refractivity contribution is 5.32. The van der Waals surface area contributed by atoms with Crippen molar-refractivity contribution in [3.63, 3.8) is 0 Å². The Morgan fingerprint density at radius 2 is 1.86 bits per heavy atom. The average molecular weight is 288 g/mol. The van der Waals surface area contributed by atoms with E-state index in [0.717, 1.165) is 5.92 Å². The summed E-state index contributed by atoms with van der Waals surface area (Å²) in [5.41, 5.74) is 4.20. The minimum absolute atomic E-state index is 0.434. The van der Waals surface area contributed by atoms with E-state index in [9.17, 15) is 0 Å². The molecule has 1 saturated heterocycles. The van der Waals surface area contributed by atoms with Gasteiger partial charge >= 0.3 is 0 Å². The highest BCUT2D eigenvalue weighted by Gasteiger charge is 2.24. The molecule has 0 aromatic heterocycles. The third-order valence-corrected chi connectivity index (χ3v) is 5.20. The zero-order valence-corrected chi connectivity index (χ0v) is 14.4. The predicted octanol–water partition coefficient (Wildman–Crippen LogP) is 4.07. The molecular weight excluding hydrogens is 256 g/mol. The number of likely N-dealkylation sites (tertiary alicyclic amines) is 1. The summed E-state index contributed by atoms with van der Waals surface area (Å²) >= 11 is 0. The maximum absolute atomic E-state index is 3.85. The lowest BCUT2D eigenvalue weighted by Crippen LogP contribution is -2.42. The van der Waals surface area contributed by atoms with Gasteiger partial charge in [0.25, 0.3) is 0 Å². The topological polar surface area (TPSA) is 15.3 Å². The van der Waals surface area contributed by atoms with Crippen molar-refractivity contribution in [3.05, 3.63) is 34.9 Å². The number of nitrogens with zero attached hydrogens (tertiary/aromatic N) is 1. The molecule has 2 heteroatoms. The molecule has 2 unspecified atom stereocenters. The molecule has 0 amide bonds. The van der Waals surface area contributed by atoms with Gasteiger partial charge in [-0.15, -0.1) is 0 Å². The van der Waals surface area contributed by atoms with Gasteiger partial charge in [0.1, 0.15) is 0 Å². The third-order valence-electron chi connectivity index (χ3n) is 5.20. The molecule has 1 aromatic rings. The summed E-state index contributed by atoms with van der Waals surface area (Å²) in [5, 5.41) is 3.85. The van der Waals surface area contributed by atoms with Gasteiger partial charge in [-0.1, -0.05) is 30.7 Å². The Labute approximate surface area is 130 Å². The molecule has 21 heavy (non-hydrogen) atoms. The number of rotatable bonds is 5. The molecule has 0 aliphatic carbocycles. The summed E-state index contributed by atoms with van der Waals surface area (Å²) in [6.45, 7) is 15.1. The molecular formula is C19H32N2. The van der Waals surface area contributed by atoms with E-state index in [0.29, 0.717) is 12.1 Å². The number of hydrogen-bond donors (Lipinski definition) is 1. The van der Waals surface area contributed by atoms with Gasteiger partial charge in [0.15, 0.2) is 0 Å². The van der Waals surface area contributed by atoms with Crippen LogP contribution in [0.3, 0.4) is 0 Å². The Morgan fingerprint density at radius 3 is 2.48 bits per heavy atom. The molecule has 2 atom stereocenters. The number of hydrogen-bond acceptors (Lipinski definition) is 2. The lowest BCUT2D eigenvalue weighted by molar-refractivity contribution is 0.165. The van der Waals surface area contributed by atoms with Gasteiger partial charge in [-0.2, -0.15) is 0 Å². The van der Waals surface area contributed by atoms with E-state index < -0.39 is 0 Å². The van der Waals surface area contributed by atoms with Crippen LogP contribution in [0, 0.1) is 19.8 Å². The van der Waals surface area contributed by atoms with Crippen LogP contribution in [-0.4, -0.2) is 30.6 Å². The standard InChI is InChI=1S/C19H32N2/c1-6-21-11-9-18(10-12-21)16(4)20-17(5)19-13-14(2)7-8-15(19)3/h7-8,13,16-18,20H,6,9-12H2,1-5H3. The van der Waals surface area contributed by atoms with Crippen LogP contribution in [0.1, 0.15) is 56.3 Å². The van der Waals surface area contributed by atoms with Crippen molar-refractivity contribution >= 4 is 0 Å². The van der Waals surface area contributed by atoms with Gasteiger partial charge in [0, 0.05) is 12.1 Å². The Bertz CT molecular complexity index is 447. The van der Waals surface area contributed by atoms with Gasteiger partial charge in [-0.05, 0) is 77.2 Å². The summed E-state index contributed by atoms with van der Waals surface area (Å²) < 4.78 is 0. The third kappa shape index (κ3) is 4.31. The highest BCUT2D eigenvalue weighted by Crippen LogP contribution is 2.24. The van der Waals surface area contributed by atoms with Crippen molar-refractivity contribution in [2.75, 3.05) is 19.6 Å². The first-order chi connectivity index (χ1) is 10.0. The van der Waals surface area contributed by atoms with Crippen molar-refractivity contribution in [2.24, 2.45) is 5.92 Å². The van der Waals surface area contributed by atoms with Gasteiger partial charge in [0.2, 0.25) is 0 Å². The van der Waals surface area contributed by atoms with Gasteiger partial charge in [-0.3, -0.25) is 0 Å². The van der Waals surface area contributed by atoms with Crippen LogP contribution < -0.4 is 5.32 Å². The van der Waals surface area contributed by atoms with Gasteiger partial charge in [0.05, 0.1) is 0 Å². The second kappa shape index (κ2) is 7.42. The lowest BCUT2D eigenvalue weighted by atomic mass is 9.89.